The molecule has 19 heavy (non-hydrogen) atoms. The van der Waals surface area contributed by atoms with E-state index in [0.717, 1.165) is 27.8 Å². The molecule has 2 rings (SSSR count). The lowest BCUT2D eigenvalue weighted by molar-refractivity contribution is -0.146. The van der Waals surface area contributed by atoms with Gasteiger partial charge in [-0.3, -0.25) is 9.59 Å². The number of ether oxygens (including phenoxy) is 1. The van der Waals surface area contributed by atoms with Crippen LogP contribution in [-0.4, -0.2) is 23.6 Å². The topological polar surface area (TPSA) is 75.6 Å². The van der Waals surface area contributed by atoms with Crippen LogP contribution in [0, 0.1) is 5.92 Å². The van der Waals surface area contributed by atoms with Gasteiger partial charge in [-0.25, -0.2) is 0 Å². The summed E-state index contributed by atoms with van der Waals surface area (Å²) in [6.45, 7) is 2.26. The molecule has 0 saturated carbocycles. The second-order valence-corrected chi connectivity index (χ2v) is 5.35. The van der Waals surface area contributed by atoms with Gasteiger partial charge in [0.15, 0.2) is 0 Å². The van der Waals surface area contributed by atoms with E-state index in [9.17, 15) is 9.59 Å². The van der Waals surface area contributed by atoms with Gasteiger partial charge in [-0.2, -0.15) is 0 Å². The van der Waals surface area contributed by atoms with E-state index in [1.807, 2.05) is 12.1 Å². The van der Waals surface area contributed by atoms with Gasteiger partial charge in [0.1, 0.15) is 11.7 Å². The molecule has 102 valence electrons. The normalized spacial score (nSPS) is 14.4. The van der Waals surface area contributed by atoms with Gasteiger partial charge < -0.3 is 15.2 Å². The van der Waals surface area contributed by atoms with E-state index >= 15 is 0 Å². The molecule has 0 spiro atoms. The molecule has 1 heterocycles. The number of hydrogen-bond donors (Lipinski definition) is 2. The number of carbonyl (C=O) groups excluding carboxylic acids is 1. The van der Waals surface area contributed by atoms with E-state index in [1.54, 1.807) is 0 Å². The number of fused-ring (bicyclic) bond motifs is 1. The third kappa shape index (κ3) is 3.07. The molecule has 0 fully saturated rings. The van der Waals surface area contributed by atoms with Crippen molar-refractivity contribution in [3.05, 3.63) is 27.7 Å². The average molecular weight is 328 g/mol. The van der Waals surface area contributed by atoms with Crippen LogP contribution in [0.4, 0.5) is 0 Å². The Balaban J connectivity index is 2.08. The van der Waals surface area contributed by atoms with Gasteiger partial charge in [-0.1, -0.05) is 15.9 Å². The first-order valence-corrected chi connectivity index (χ1v) is 6.73. The first kappa shape index (κ1) is 13.9. The third-order valence-corrected chi connectivity index (χ3v) is 3.50. The van der Waals surface area contributed by atoms with Gasteiger partial charge >= 0.3 is 5.97 Å². The second-order valence-electron chi connectivity index (χ2n) is 4.43. The Morgan fingerprint density at radius 3 is 2.95 bits per heavy atom. The monoisotopic (exact) mass is 327 g/mol. The Morgan fingerprint density at radius 2 is 2.26 bits per heavy atom. The Kier molecular flexibility index (Phi) is 4.09. The van der Waals surface area contributed by atoms with Gasteiger partial charge in [0.25, 0.3) is 0 Å². The Labute approximate surface area is 119 Å². The summed E-state index contributed by atoms with van der Waals surface area (Å²) in [7, 11) is 0. The van der Waals surface area contributed by atoms with Crippen molar-refractivity contribution in [2.24, 2.45) is 5.92 Å². The van der Waals surface area contributed by atoms with Crippen molar-refractivity contribution in [3.63, 3.8) is 0 Å². The highest BCUT2D eigenvalue weighted by molar-refractivity contribution is 9.10. The predicted octanol–water partition coefficient (Wildman–Crippen LogP) is 1.72. The maximum atomic E-state index is 11.6. The number of nitrogens with one attached hydrogen (secondary N) is 1. The van der Waals surface area contributed by atoms with Crippen molar-refractivity contribution in [1.29, 1.82) is 0 Å². The molecule has 1 atom stereocenters. The summed E-state index contributed by atoms with van der Waals surface area (Å²) in [6.07, 6.45) is 0.848. The van der Waals surface area contributed by atoms with Crippen LogP contribution in [-0.2, 0) is 22.6 Å². The van der Waals surface area contributed by atoms with Gasteiger partial charge in [0, 0.05) is 23.0 Å². The van der Waals surface area contributed by atoms with Crippen LogP contribution >= 0.6 is 15.9 Å². The van der Waals surface area contributed by atoms with Gasteiger partial charge in [-0.15, -0.1) is 0 Å². The van der Waals surface area contributed by atoms with Gasteiger partial charge in [0.2, 0.25) is 5.91 Å². The van der Waals surface area contributed by atoms with Crippen LogP contribution in [0.15, 0.2) is 16.6 Å². The smallest absolute Gasteiger partial charge is 0.315 e. The summed E-state index contributed by atoms with van der Waals surface area (Å²) in [6, 6.07) is 3.86. The largest absolute Gasteiger partial charge is 0.493 e. The molecule has 2 N–H and O–H groups in total. The average Bonchev–Trinajstić information content (AvgIpc) is 2.82. The molecule has 1 aliphatic rings. The predicted molar refractivity (Wildman–Crippen MR) is 72.0 cm³/mol. The Hall–Kier alpha value is -1.56. The minimum absolute atomic E-state index is 0.262. The number of benzene rings is 1. The summed E-state index contributed by atoms with van der Waals surface area (Å²) in [5, 5.41) is 11.4. The zero-order chi connectivity index (χ0) is 14.0. The highest BCUT2D eigenvalue weighted by atomic mass is 79.9. The van der Waals surface area contributed by atoms with Crippen LogP contribution in [0.5, 0.6) is 5.75 Å². The molecule has 5 nitrogen and oxygen atoms in total. The molecule has 6 heteroatoms. The van der Waals surface area contributed by atoms with E-state index in [4.69, 9.17) is 9.84 Å². The molecule has 0 bridgehead atoms. The molecule has 0 saturated heterocycles. The zero-order valence-electron chi connectivity index (χ0n) is 10.4. The SMILES string of the molecule is CC(C(=O)O)C(=O)NCc1cc(Br)cc2c1OCC2. The van der Waals surface area contributed by atoms with E-state index in [-0.39, 0.29) is 6.54 Å². The lowest BCUT2D eigenvalue weighted by atomic mass is 10.1. The second kappa shape index (κ2) is 5.61. The lowest BCUT2D eigenvalue weighted by Crippen LogP contribution is -2.33. The minimum atomic E-state index is -1.13. The fourth-order valence-corrected chi connectivity index (χ4v) is 2.48. The summed E-state index contributed by atoms with van der Waals surface area (Å²) in [5.41, 5.74) is 1.96. The first-order chi connectivity index (χ1) is 8.99. The van der Waals surface area contributed by atoms with Crippen LogP contribution in [0.3, 0.4) is 0 Å². The number of rotatable bonds is 4. The molecule has 1 amide bonds. The van der Waals surface area contributed by atoms with E-state index in [0.29, 0.717) is 6.61 Å². The molecule has 0 aliphatic carbocycles. The number of carboxylic acid groups (broad SMARTS) is 1. The number of hydrogen-bond acceptors (Lipinski definition) is 3. The summed E-state index contributed by atoms with van der Waals surface area (Å²) < 4.78 is 6.46. The van der Waals surface area contributed by atoms with Crippen LogP contribution in [0.2, 0.25) is 0 Å². The van der Waals surface area contributed by atoms with Crippen molar-refractivity contribution >= 4 is 27.8 Å². The maximum Gasteiger partial charge on any atom is 0.315 e. The number of halogens is 1. The summed E-state index contributed by atoms with van der Waals surface area (Å²) >= 11 is 3.41. The zero-order valence-corrected chi connectivity index (χ0v) is 12.0. The molecule has 0 radical (unpaired) electrons. The van der Waals surface area contributed by atoms with Gasteiger partial charge in [-0.05, 0) is 24.6 Å². The van der Waals surface area contributed by atoms with Crippen LogP contribution < -0.4 is 10.1 Å². The molecular formula is C13H14BrNO4. The molecular weight excluding hydrogens is 314 g/mol. The van der Waals surface area contributed by atoms with E-state index < -0.39 is 17.8 Å². The maximum absolute atomic E-state index is 11.6. The van der Waals surface area contributed by atoms with Crippen LogP contribution in [0.1, 0.15) is 18.1 Å². The summed E-state index contributed by atoms with van der Waals surface area (Å²) in [5.74, 6) is -1.89. The molecule has 1 aromatic carbocycles. The Morgan fingerprint density at radius 1 is 1.53 bits per heavy atom. The highest BCUT2D eigenvalue weighted by Crippen LogP contribution is 2.32. The lowest BCUT2D eigenvalue weighted by Gasteiger charge is -2.12. The molecule has 0 aromatic heterocycles. The standard InChI is InChI=1S/C13H14BrNO4/c1-7(13(17)18)12(16)15-6-9-5-10(14)4-8-2-3-19-11(8)9/h4-5,7H,2-3,6H2,1H3,(H,15,16)(H,17,18). The van der Waals surface area contributed by atoms with Crippen molar-refractivity contribution in [2.75, 3.05) is 6.61 Å². The van der Waals surface area contributed by atoms with Gasteiger partial charge in [0.05, 0.1) is 6.61 Å². The minimum Gasteiger partial charge on any atom is -0.493 e. The third-order valence-electron chi connectivity index (χ3n) is 3.04. The van der Waals surface area contributed by atoms with Crippen molar-refractivity contribution in [1.82, 2.24) is 5.32 Å². The molecule has 1 aromatic rings. The Bertz CT molecular complexity index is 530. The molecule has 1 unspecified atom stereocenters. The quantitative estimate of drug-likeness (QED) is 0.826. The number of carbonyl (C=O) groups is 2. The van der Waals surface area contributed by atoms with Crippen LogP contribution in [0.25, 0.3) is 0 Å². The van der Waals surface area contributed by atoms with E-state index in [2.05, 4.69) is 21.2 Å². The van der Waals surface area contributed by atoms with Crippen molar-refractivity contribution in [3.8, 4) is 5.75 Å². The fourth-order valence-electron chi connectivity index (χ4n) is 1.92. The highest BCUT2D eigenvalue weighted by Gasteiger charge is 2.22. The number of amides is 1. The first-order valence-electron chi connectivity index (χ1n) is 5.93. The molecule has 1 aliphatic heterocycles. The summed E-state index contributed by atoms with van der Waals surface area (Å²) in [4.78, 5) is 22.3. The number of aliphatic carboxylic acids is 1. The van der Waals surface area contributed by atoms with E-state index in [1.165, 1.54) is 6.92 Å². The number of carboxylic acids is 1. The fraction of sp³-hybridized carbons (Fsp3) is 0.385. The van der Waals surface area contributed by atoms with Crippen molar-refractivity contribution in [2.45, 2.75) is 19.9 Å². The van der Waals surface area contributed by atoms with Crippen molar-refractivity contribution < 1.29 is 19.4 Å².